The Morgan fingerprint density at radius 1 is 0.718 bits per heavy atom. The number of ether oxygens (including phenoxy) is 1. The average molecular weight is 520 g/mol. The molecule has 1 amide bonds. The van der Waals surface area contributed by atoms with E-state index in [2.05, 4.69) is 5.32 Å². The summed E-state index contributed by atoms with van der Waals surface area (Å²) < 4.78 is 5.51. The molecule has 2 N–H and O–H groups in total. The molecule has 0 saturated carbocycles. The molecule has 4 aromatic carbocycles. The van der Waals surface area contributed by atoms with Gasteiger partial charge in [-0.15, -0.1) is 0 Å². The van der Waals surface area contributed by atoms with Gasteiger partial charge in [0, 0.05) is 11.1 Å². The number of carboxylic acids is 1. The number of benzene rings is 4. The molecule has 0 fully saturated rings. The van der Waals surface area contributed by atoms with Gasteiger partial charge in [-0.2, -0.15) is 0 Å². The van der Waals surface area contributed by atoms with E-state index in [1.807, 2.05) is 30.3 Å². The minimum absolute atomic E-state index is 0.108. The number of anilines is 1. The Bertz CT molecular complexity index is 1630. The molecule has 0 spiro atoms. The first-order valence-electron chi connectivity index (χ1n) is 12.0. The van der Waals surface area contributed by atoms with E-state index in [0.29, 0.717) is 11.1 Å². The van der Waals surface area contributed by atoms with Gasteiger partial charge in [0.15, 0.2) is 5.78 Å². The SMILES string of the molecule is O=C(Nc1ccccc1C(=O)O)C(=O)[C@H](C(=O)c1ccccc1-c1ccccc1)[C@@H]1OC(=O)c2ccccc21. The predicted octanol–water partition coefficient (Wildman–Crippen LogP) is 4.97. The monoisotopic (exact) mass is 519 g/mol. The van der Waals surface area contributed by atoms with Crippen molar-refractivity contribution in [2.75, 3.05) is 5.32 Å². The first-order valence-corrected chi connectivity index (χ1v) is 12.0. The first kappa shape index (κ1) is 25.3. The van der Waals surface area contributed by atoms with Crippen LogP contribution >= 0.6 is 0 Å². The fourth-order valence-electron chi connectivity index (χ4n) is 4.65. The summed E-state index contributed by atoms with van der Waals surface area (Å²) in [5, 5.41) is 11.8. The third-order valence-corrected chi connectivity index (χ3v) is 6.50. The van der Waals surface area contributed by atoms with E-state index >= 15 is 0 Å². The van der Waals surface area contributed by atoms with Gasteiger partial charge < -0.3 is 15.2 Å². The predicted molar refractivity (Wildman–Crippen MR) is 141 cm³/mol. The second-order valence-electron chi connectivity index (χ2n) is 8.84. The number of rotatable bonds is 8. The number of carboxylic acid groups (broad SMARTS) is 1. The number of hydrogen-bond acceptors (Lipinski definition) is 6. The second-order valence-corrected chi connectivity index (χ2v) is 8.84. The highest BCUT2D eigenvalue weighted by Crippen LogP contribution is 2.39. The van der Waals surface area contributed by atoms with Crippen LogP contribution in [-0.4, -0.2) is 34.5 Å². The zero-order valence-corrected chi connectivity index (χ0v) is 20.4. The number of esters is 1. The summed E-state index contributed by atoms with van der Waals surface area (Å²) in [5.74, 6) is -6.83. The number of ketones is 2. The third-order valence-electron chi connectivity index (χ3n) is 6.50. The molecule has 192 valence electrons. The molecule has 0 aliphatic carbocycles. The molecule has 2 atom stereocenters. The summed E-state index contributed by atoms with van der Waals surface area (Å²) in [5.41, 5.74) is 1.59. The Balaban J connectivity index is 1.58. The van der Waals surface area contributed by atoms with Gasteiger partial charge >= 0.3 is 11.9 Å². The number of amides is 1. The molecule has 1 aliphatic rings. The molecule has 0 unspecified atom stereocenters. The van der Waals surface area contributed by atoms with E-state index in [1.165, 1.54) is 30.3 Å². The van der Waals surface area contributed by atoms with Gasteiger partial charge in [-0.05, 0) is 29.3 Å². The van der Waals surface area contributed by atoms with Crippen molar-refractivity contribution >= 4 is 35.1 Å². The summed E-state index contributed by atoms with van der Waals surface area (Å²) >= 11 is 0. The van der Waals surface area contributed by atoms with Crippen molar-refractivity contribution in [2.24, 2.45) is 5.92 Å². The Hall–Kier alpha value is -5.37. The normalized spacial score (nSPS) is 14.6. The number of carbonyl (C=O) groups excluding carboxylic acids is 4. The van der Waals surface area contributed by atoms with Crippen molar-refractivity contribution in [3.8, 4) is 11.1 Å². The van der Waals surface area contributed by atoms with Crippen molar-refractivity contribution in [2.45, 2.75) is 6.10 Å². The number of para-hydroxylation sites is 1. The number of cyclic esters (lactones) is 1. The van der Waals surface area contributed by atoms with Gasteiger partial charge in [-0.3, -0.25) is 14.4 Å². The smallest absolute Gasteiger partial charge is 0.339 e. The van der Waals surface area contributed by atoms with Gasteiger partial charge in [0.1, 0.15) is 12.0 Å². The van der Waals surface area contributed by atoms with Crippen molar-refractivity contribution < 1.29 is 33.8 Å². The quantitative estimate of drug-likeness (QED) is 0.146. The number of hydrogen-bond donors (Lipinski definition) is 2. The molecule has 0 bridgehead atoms. The Kier molecular flexibility index (Phi) is 6.84. The first-order chi connectivity index (χ1) is 18.9. The van der Waals surface area contributed by atoms with Crippen LogP contribution in [0.3, 0.4) is 0 Å². The molecule has 5 rings (SSSR count). The van der Waals surface area contributed by atoms with Crippen molar-refractivity contribution in [3.05, 3.63) is 125 Å². The third kappa shape index (κ3) is 4.83. The van der Waals surface area contributed by atoms with Crippen LogP contribution in [0.4, 0.5) is 5.69 Å². The van der Waals surface area contributed by atoms with Gasteiger partial charge in [0.2, 0.25) is 5.78 Å². The minimum atomic E-state index is -1.72. The van der Waals surface area contributed by atoms with Crippen LogP contribution in [0.5, 0.6) is 0 Å². The molecule has 8 heteroatoms. The maximum absolute atomic E-state index is 14.1. The molecule has 39 heavy (non-hydrogen) atoms. The van der Waals surface area contributed by atoms with E-state index < -0.39 is 41.4 Å². The molecular weight excluding hydrogens is 498 g/mol. The van der Waals surface area contributed by atoms with Gasteiger partial charge in [0.05, 0.1) is 16.8 Å². The van der Waals surface area contributed by atoms with Crippen LogP contribution in [0.25, 0.3) is 11.1 Å². The summed E-state index contributed by atoms with van der Waals surface area (Å²) in [6, 6.07) is 27.7. The molecule has 4 aromatic rings. The van der Waals surface area contributed by atoms with Gasteiger partial charge in [0.25, 0.3) is 5.91 Å². The van der Waals surface area contributed by atoms with E-state index in [0.717, 1.165) is 5.56 Å². The minimum Gasteiger partial charge on any atom is -0.478 e. The van der Waals surface area contributed by atoms with Crippen molar-refractivity contribution in [1.82, 2.24) is 0 Å². The number of nitrogens with one attached hydrogen (secondary N) is 1. The standard InChI is InChI=1S/C31H21NO7/c33-26(20-13-5-4-12-19(20)18-10-2-1-3-11-18)25(28-21-14-6-7-15-22(21)31(38)39-28)27(34)29(35)32-24-17-9-8-16-23(24)30(36)37/h1-17,25,28H,(H,32,35)(H,36,37)/t25-,28+/m0/s1. The second kappa shape index (κ2) is 10.5. The molecule has 8 nitrogen and oxygen atoms in total. The Morgan fingerprint density at radius 2 is 1.31 bits per heavy atom. The number of aromatic carboxylic acids is 1. The summed E-state index contributed by atoms with van der Waals surface area (Å²) in [7, 11) is 0. The lowest BCUT2D eigenvalue weighted by molar-refractivity contribution is -0.138. The van der Waals surface area contributed by atoms with Crippen LogP contribution in [0, 0.1) is 5.92 Å². The summed E-state index contributed by atoms with van der Waals surface area (Å²) in [4.78, 5) is 65.3. The van der Waals surface area contributed by atoms with E-state index in [4.69, 9.17) is 4.74 Å². The van der Waals surface area contributed by atoms with Crippen LogP contribution in [0.15, 0.2) is 103 Å². The summed E-state index contributed by atoms with van der Waals surface area (Å²) in [6.45, 7) is 0. The van der Waals surface area contributed by atoms with Crippen LogP contribution in [0.1, 0.15) is 42.7 Å². The molecular formula is C31H21NO7. The van der Waals surface area contributed by atoms with E-state index in [9.17, 15) is 29.1 Å². The Labute approximate surface area is 222 Å². The fraction of sp³-hybridized carbons (Fsp3) is 0.0645. The zero-order valence-electron chi connectivity index (χ0n) is 20.4. The van der Waals surface area contributed by atoms with Gasteiger partial charge in [-0.25, -0.2) is 9.59 Å². The molecule has 1 aliphatic heterocycles. The highest BCUT2D eigenvalue weighted by atomic mass is 16.5. The van der Waals surface area contributed by atoms with Crippen molar-refractivity contribution in [3.63, 3.8) is 0 Å². The average Bonchev–Trinajstić information content (AvgIpc) is 3.29. The lowest BCUT2D eigenvalue weighted by Crippen LogP contribution is -2.38. The topological polar surface area (TPSA) is 127 Å². The molecule has 0 aromatic heterocycles. The van der Waals surface area contributed by atoms with Gasteiger partial charge in [-0.1, -0.05) is 84.9 Å². The molecule has 0 radical (unpaired) electrons. The number of fused-ring (bicyclic) bond motifs is 1. The zero-order chi connectivity index (χ0) is 27.5. The lowest BCUT2D eigenvalue weighted by atomic mass is 9.82. The fourth-order valence-corrected chi connectivity index (χ4v) is 4.65. The lowest BCUT2D eigenvalue weighted by Gasteiger charge is -2.22. The highest BCUT2D eigenvalue weighted by Gasteiger charge is 2.46. The maximum atomic E-state index is 14.1. The number of Topliss-reactive ketones (excluding diaryl/α,β-unsaturated/α-hetero) is 2. The van der Waals surface area contributed by atoms with Crippen LogP contribution < -0.4 is 5.32 Å². The highest BCUT2D eigenvalue weighted by molar-refractivity contribution is 6.45. The summed E-state index contributed by atoms with van der Waals surface area (Å²) in [6.07, 6.45) is -1.35. The van der Waals surface area contributed by atoms with Crippen LogP contribution in [-0.2, 0) is 14.3 Å². The number of carbonyl (C=O) groups is 5. The van der Waals surface area contributed by atoms with E-state index in [1.54, 1.807) is 42.5 Å². The molecule has 1 heterocycles. The van der Waals surface area contributed by atoms with E-state index in [-0.39, 0.29) is 22.4 Å². The maximum Gasteiger partial charge on any atom is 0.339 e. The van der Waals surface area contributed by atoms with Crippen molar-refractivity contribution in [1.29, 1.82) is 0 Å². The Morgan fingerprint density at radius 3 is 2.03 bits per heavy atom. The van der Waals surface area contributed by atoms with Crippen LogP contribution in [0.2, 0.25) is 0 Å². The largest absolute Gasteiger partial charge is 0.478 e. The molecule has 0 saturated heterocycles.